The van der Waals surface area contributed by atoms with E-state index in [4.69, 9.17) is 25.8 Å². The lowest BCUT2D eigenvalue weighted by Gasteiger charge is -2.15. The van der Waals surface area contributed by atoms with Crippen LogP contribution in [0.5, 0.6) is 11.5 Å². The van der Waals surface area contributed by atoms with Crippen molar-refractivity contribution in [2.75, 3.05) is 51.6 Å². The Balaban J connectivity index is 1.56. The minimum atomic E-state index is -0.328. The van der Waals surface area contributed by atoms with Gasteiger partial charge in [0.15, 0.2) is 0 Å². The molecular formula is C30H31ClFN5O4. The quantitative estimate of drug-likeness (QED) is 0.151. The zero-order valence-electron chi connectivity index (χ0n) is 23.0. The number of rotatable bonds is 13. The molecule has 2 N–H and O–H groups in total. The topological polar surface area (TPSA) is 97.8 Å². The van der Waals surface area contributed by atoms with E-state index in [-0.39, 0.29) is 18.3 Å². The molecule has 214 valence electrons. The molecule has 0 saturated carbocycles. The summed E-state index contributed by atoms with van der Waals surface area (Å²) in [5.41, 5.74) is 2.42. The highest BCUT2D eigenvalue weighted by atomic mass is 35.5. The molecule has 1 amide bonds. The zero-order valence-corrected chi connectivity index (χ0v) is 23.7. The minimum absolute atomic E-state index is 0.175. The Morgan fingerprint density at radius 1 is 1.05 bits per heavy atom. The third kappa shape index (κ3) is 8.62. The molecule has 0 bridgehead atoms. The van der Waals surface area contributed by atoms with Crippen LogP contribution in [0.4, 0.5) is 21.6 Å². The maximum Gasteiger partial charge on any atom is 0.248 e. The summed E-state index contributed by atoms with van der Waals surface area (Å²) in [6, 6.07) is 14.9. The van der Waals surface area contributed by atoms with Crippen molar-refractivity contribution in [1.82, 2.24) is 14.9 Å². The van der Waals surface area contributed by atoms with Gasteiger partial charge < -0.3 is 29.7 Å². The molecule has 0 unspecified atom stereocenters. The van der Waals surface area contributed by atoms with Crippen molar-refractivity contribution in [3.63, 3.8) is 0 Å². The molecule has 0 aliphatic carbocycles. The Labute approximate surface area is 242 Å². The fourth-order valence-electron chi connectivity index (χ4n) is 3.80. The fourth-order valence-corrected chi connectivity index (χ4v) is 4.04. The number of fused-ring (bicyclic) bond motifs is 1. The molecule has 4 rings (SSSR count). The van der Waals surface area contributed by atoms with Crippen LogP contribution < -0.4 is 20.1 Å². The fraction of sp³-hybridized carbons (Fsp3) is 0.233. The van der Waals surface area contributed by atoms with Crippen LogP contribution >= 0.6 is 11.6 Å². The molecule has 0 atom stereocenters. The van der Waals surface area contributed by atoms with Gasteiger partial charge in [-0.3, -0.25) is 4.79 Å². The Bertz CT molecular complexity index is 1530. The van der Waals surface area contributed by atoms with Crippen molar-refractivity contribution in [3.05, 3.63) is 89.5 Å². The largest absolute Gasteiger partial charge is 0.489 e. The average Bonchev–Trinajstić information content (AvgIpc) is 2.93. The second-order valence-electron chi connectivity index (χ2n) is 9.27. The smallest absolute Gasteiger partial charge is 0.248 e. The lowest BCUT2D eigenvalue weighted by atomic mass is 10.1. The van der Waals surface area contributed by atoms with Gasteiger partial charge in [-0.05, 0) is 56.1 Å². The molecule has 0 fully saturated rings. The number of carbonyl (C=O) groups excluding carboxylic acids is 1. The van der Waals surface area contributed by atoms with Crippen LogP contribution in [0.1, 0.15) is 5.56 Å². The highest BCUT2D eigenvalue weighted by Gasteiger charge is 2.14. The van der Waals surface area contributed by atoms with Crippen LogP contribution in [0.2, 0.25) is 5.02 Å². The summed E-state index contributed by atoms with van der Waals surface area (Å²) >= 11 is 6.48. The number of likely N-dealkylation sites (N-methyl/N-ethyl adjacent to an activating group) is 1. The second-order valence-corrected chi connectivity index (χ2v) is 9.68. The third-order valence-corrected chi connectivity index (χ3v) is 6.05. The summed E-state index contributed by atoms with van der Waals surface area (Å²) in [6.07, 6.45) is 4.68. The van der Waals surface area contributed by atoms with E-state index in [1.165, 1.54) is 24.5 Å². The predicted octanol–water partition coefficient (Wildman–Crippen LogP) is 5.83. The number of benzene rings is 3. The van der Waals surface area contributed by atoms with Gasteiger partial charge in [-0.1, -0.05) is 29.8 Å². The first kappa shape index (κ1) is 29.7. The molecule has 0 saturated heterocycles. The summed E-state index contributed by atoms with van der Waals surface area (Å²) in [4.78, 5) is 23.4. The van der Waals surface area contributed by atoms with Crippen molar-refractivity contribution in [2.24, 2.45) is 0 Å². The van der Waals surface area contributed by atoms with E-state index in [0.717, 1.165) is 0 Å². The summed E-state index contributed by atoms with van der Waals surface area (Å²) in [5.74, 6) is 0.790. The monoisotopic (exact) mass is 579 g/mol. The maximum atomic E-state index is 13.5. The normalized spacial score (nSPS) is 11.3. The maximum absolute atomic E-state index is 13.5. The molecule has 0 aliphatic heterocycles. The van der Waals surface area contributed by atoms with Gasteiger partial charge in [-0.15, -0.1) is 0 Å². The van der Waals surface area contributed by atoms with Crippen LogP contribution in [0.15, 0.2) is 73.1 Å². The van der Waals surface area contributed by atoms with Gasteiger partial charge in [0.2, 0.25) is 5.91 Å². The highest BCUT2D eigenvalue weighted by Crippen LogP contribution is 2.35. The molecule has 4 aromatic rings. The zero-order chi connectivity index (χ0) is 29.2. The average molecular weight is 580 g/mol. The molecule has 0 spiro atoms. The van der Waals surface area contributed by atoms with Gasteiger partial charge in [0.25, 0.3) is 0 Å². The standard InChI is InChI=1S/C30H31ClFN5O4/c1-37(2)11-5-8-29(38)36-26-16-23-25(17-28(26)40-13-12-39-3)33-19-34-30(23)35-22-9-10-27(24(31)15-22)41-18-20-6-4-7-21(32)14-20/h4-10,14-17,19H,11-13,18H2,1-3H3,(H,36,38)(H,33,34,35)/b8-5+. The molecular weight excluding hydrogens is 549 g/mol. The lowest BCUT2D eigenvalue weighted by Crippen LogP contribution is -2.14. The molecule has 0 aliphatic rings. The molecule has 41 heavy (non-hydrogen) atoms. The number of nitrogens with zero attached hydrogens (tertiary/aromatic N) is 3. The number of amides is 1. The number of hydrogen-bond donors (Lipinski definition) is 2. The first-order valence-electron chi connectivity index (χ1n) is 12.8. The SMILES string of the molecule is COCCOc1cc2ncnc(Nc3ccc(OCc4cccc(F)c4)c(Cl)c3)c2cc1NC(=O)/C=C/CN(C)C. The van der Waals surface area contributed by atoms with Gasteiger partial charge in [-0.25, -0.2) is 14.4 Å². The van der Waals surface area contributed by atoms with Gasteiger partial charge in [0.05, 0.1) is 22.8 Å². The highest BCUT2D eigenvalue weighted by molar-refractivity contribution is 6.32. The summed E-state index contributed by atoms with van der Waals surface area (Å²) in [6.45, 7) is 1.48. The number of methoxy groups -OCH3 is 1. The summed E-state index contributed by atoms with van der Waals surface area (Å²) in [7, 11) is 5.42. The van der Waals surface area contributed by atoms with Gasteiger partial charge in [-0.2, -0.15) is 0 Å². The van der Waals surface area contributed by atoms with E-state index in [1.807, 2.05) is 19.0 Å². The van der Waals surface area contributed by atoms with Crippen LogP contribution in [0, 0.1) is 5.82 Å². The minimum Gasteiger partial charge on any atom is -0.489 e. The van der Waals surface area contributed by atoms with Crippen LogP contribution in [0.25, 0.3) is 10.9 Å². The van der Waals surface area contributed by atoms with Gasteiger partial charge >= 0.3 is 0 Å². The van der Waals surface area contributed by atoms with E-state index < -0.39 is 0 Å². The number of nitrogens with one attached hydrogen (secondary N) is 2. The van der Waals surface area contributed by atoms with Gasteiger partial charge in [0, 0.05) is 36.9 Å². The Morgan fingerprint density at radius 3 is 2.66 bits per heavy atom. The number of hydrogen-bond acceptors (Lipinski definition) is 8. The van der Waals surface area contributed by atoms with E-state index in [0.29, 0.717) is 69.9 Å². The van der Waals surface area contributed by atoms with E-state index in [9.17, 15) is 9.18 Å². The molecule has 9 nitrogen and oxygen atoms in total. The predicted molar refractivity (Wildman–Crippen MR) is 159 cm³/mol. The van der Waals surface area contributed by atoms with Crippen molar-refractivity contribution in [2.45, 2.75) is 6.61 Å². The molecule has 1 aromatic heterocycles. The Morgan fingerprint density at radius 2 is 1.90 bits per heavy atom. The summed E-state index contributed by atoms with van der Waals surface area (Å²) < 4.78 is 30.2. The number of anilines is 3. The number of aromatic nitrogens is 2. The molecule has 3 aromatic carbocycles. The van der Waals surface area contributed by atoms with E-state index in [1.54, 1.807) is 55.7 Å². The Kier molecular flexibility index (Phi) is 10.4. The van der Waals surface area contributed by atoms with Crippen molar-refractivity contribution < 1.29 is 23.4 Å². The van der Waals surface area contributed by atoms with Crippen molar-refractivity contribution in [1.29, 1.82) is 0 Å². The third-order valence-electron chi connectivity index (χ3n) is 5.76. The first-order valence-corrected chi connectivity index (χ1v) is 13.2. The van der Waals surface area contributed by atoms with Gasteiger partial charge in [0.1, 0.15) is 42.7 Å². The molecule has 0 radical (unpaired) electrons. The Hall–Kier alpha value is -4.25. The number of carbonyl (C=O) groups is 1. The van der Waals surface area contributed by atoms with E-state index >= 15 is 0 Å². The van der Waals surface area contributed by atoms with E-state index in [2.05, 4.69) is 20.6 Å². The molecule has 1 heterocycles. The number of halogens is 2. The summed E-state index contributed by atoms with van der Waals surface area (Å²) in [5, 5.41) is 7.17. The number of ether oxygens (including phenoxy) is 3. The molecule has 11 heteroatoms. The first-order chi connectivity index (χ1) is 19.8. The van der Waals surface area contributed by atoms with Crippen LogP contribution in [-0.4, -0.2) is 61.7 Å². The lowest BCUT2D eigenvalue weighted by molar-refractivity contribution is -0.111. The second kappa shape index (κ2) is 14.4. The van der Waals surface area contributed by atoms with Crippen molar-refractivity contribution >= 4 is 45.6 Å². The van der Waals surface area contributed by atoms with Crippen LogP contribution in [0.3, 0.4) is 0 Å². The van der Waals surface area contributed by atoms with Crippen molar-refractivity contribution in [3.8, 4) is 11.5 Å². The van der Waals surface area contributed by atoms with Crippen LogP contribution in [-0.2, 0) is 16.1 Å².